The Morgan fingerprint density at radius 2 is 1.38 bits per heavy atom. The molecule has 0 amide bonds. The fraction of sp³-hybridized carbons (Fsp3) is 0.200. The molecule has 0 atom stereocenters. The smallest absolute Gasteiger partial charge is 0.335 e. The highest BCUT2D eigenvalue weighted by Gasteiger charge is 2.14. The number of carbonyl (C=O) groups is 1. The van der Waals surface area contributed by atoms with Crippen LogP contribution in [0.3, 0.4) is 0 Å². The molecule has 0 aliphatic carbocycles. The van der Waals surface area contributed by atoms with Gasteiger partial charge in [0, 0.05) is 34.8 Å². The van der Waals surface area contributed by atoms with Crippen LogP contribution in [0.5, 0.6) is 11.5 Å². The number of halogens is 2. The Morgan fingerprint density at radius 1 is 0.872 bits per heavy atom. The van der Waals surface area contributed by atoms with Gasteiger partial charge in [-0.05, 0) is 90.0 Å². The number of aromatic nitrogens is 2. The summed E-state index contributed by atoms with van der Waals surface area (Å²) >= 11 is 11.4. The fourth-order valence-electron chi connectivity index (χ4n) is 4.74. The lowest BCUT2D eigenvalue weighted by Crippen LogP contribution is -2.10. The summed E-state index contributed by atoms with van der Waals surface area (Å²) in [6, 6.07) is 31.5. The van der Waals surface area contributed by atoms with Gasteiger partial charge >= 0.3 is 5.97 Å². The lowest BCUT2D eigenvalue weighted by Gasteiger charge is -2.19. The Bertz CT molecular complexity index is 1830. The molecular weight excluding hydrogens is 627 g/mol. The highest BCUT2D eigenvalue weighted by molar-refractivity contribution is 6.29. The van der Waals surface area contributed by atoms with Crippen molar-refractivity contribution in [3.05, 3.63) is 154 Å². The van der Waals surface area contributed by atoms with E-state index in [0.29, 0.717) is 17.9 Å². The summed E-state index contributed by atoms with van der Waals surface area (Å²) in [6.07, 6.45) is 4.82. The molecule has 0 unspecified atom stereocenters. The molecule has 5 rings (SSSR count). The van der Waals surface area contributed by atoms with Crippen molar-refractivity contribution >= 4 is 29.2 Å². The summed E-state index contributed by atoms with van der Waals surface area (Å²) in [5.74, 6) is 1.47. The number of benzene rings is 4. The van der Waals surface area contributed by atoms with Gasteiger partial charge < -0.3 is 14.4 Å². The number of allylic oxidation sites excluding steroid dienone is 3. The quantitative estimate of drug-likeness (QED) is 0.170. The monoisotopic (exact) mass is 666 g/mol. The van der Waals surface area contributed by atoms with Gasteiger partial charge in [-0.2, -0.15) is 0 Å². The van der Waals surface area contributed by atoms with Crippen molar-refractivity contribution in [1.29, 1.82) is 0 Å². The normalized spacial score (nSPS) is 11.4. The second-order valence-electron chi connectivity index (χ2n) is 12.2. The number of hydrogen-bond acceptors (Lipinski definition) is 3. The third-order valence-corrected chi connectivity index (χ3v) is 7.80. The Balaban J connectivity index is 0.000000930. The Kier molecular flexibility index (Phi) is 11.9. The number of aromatic carboxylic acids is 1. The van der Waals surface area contributed by atoms with Crippen LogP contribution in [0.15, 0.2) is 126 Å². The van der Waals surface area contributed by atoms with Crippen LogP contribution in [0.4, 0.5) is 0 Å². The zero-order valence-corrected chi connectivity index (χ0v) is 28.9. The van der Waals surface area contributed by atoms with Crippen molar-refractivity contribution in [3.8, 4) is 28.3 Å². The maximum absolute atomic E-state index is 11.3. The molecule has 1 aromatic heterocycles. The molecule has 0 saturated carbocycles. The van der Waals surface area contributed by atoms with E-state index in [0.717, 1.165) is 50.4 Å². The SMILES string of the molecule is C/C=C(\C)Cl.C=C(Cl)Cc1cn(-c2ccc(C(=O)O)cc2)c(Cc2ccc(-c3ccc(Oc4ccc(C(C)(C)C)cc4)cc3)cc2)n1. The average Bonchev–Trinajstić information content (AvgIpc) is 3.43. The van der Waals surface area contributed by atoms with Crippen molar-refractivity contribution in [2.45, 2.75) is 52.9 Å². The average molecular weight is 668 g/mol. The first-order valence-electron chi connectivity index (χ1n) is 15.3. The molecular formula is C40H40Cl2N2O3. The minimum atomic E-state index is -0.959. The molecule has 4 aromatic carbocycles. The number of rotatable bonds is 9. The lowest BCUT2D eigenvalue weighted by atomic mass is 9.87. The molecule has 0 aliphatic heterocycles. The van der Waals surface area contributed by atoms with Gasteiger partial charge in [0.05, 0.1) is 11.3 Å². The molecule has 0 fully saturated rings. The molecule has 0 bridgehead atoms. The maximum Gasteiger partial charge on any atom is 0.335 e. The Hall–Kier alpha value is -4.58. The van der Waals surface area contributed by atoms with E-state index in [4.69, 9.17) is 32.9 Å². The number of ether oxygens (including phenoxy) is 1. The molecule has 7 heteroatoms. The van der Waals surface area contributed by atoms with Gasteiger partial charge in [-0.3, -0.25) is 0 Å². The molecule has 242 valence electrons. The van der Waals surface area contributed by atoms with Gasteiger partial charge in [0.25, 0.3) is 0 Å². The van der Waals surface area contributed by atoms with E-state index in [-0.39, 0.29) is 11.0 Å². The van der Waals surface area contributed by atoms with Crippen LogP contribution in [0, 0.1) is 0 Å². The van der Waals surface area contributed by atoms with E-state index >= 15 is 0 Å². The third-order valence-electron chi connectivity index (χ3n) is 7.45. The highest BCUT2D eigenvalue weighted by atomic mass is 35.5. The highest BCUT2D eigenvalue weighted by Crippen LogP contribution is 2.29. The zero-order chi connectivity index (χ0) is 34.1. The molecule has 0 spiro atoms. The maximum atomic E-state index is 11.3. The molecule has 47 heavy (non-hydrogen) atoms. The zero-order valence-electron chi connectivity index (χ0n) is 27.4. The van der Waals surface area contributed by atoms with Crippen molar-refractivity contribution in [2.24, 2.45) is 0 Å². The van der Waals surface area contributed by atoms with E-state index in [1.807, 2.05) is 55.0 Å². The van der Waals surface area contributed by atoms with Crippen molar-refractivity contribution in [2.75, 3.05) is 0 Å². The van der Waals surface area contributed by atoms with E-state index < -0.39 is 5.97 Å². The van der Waals surface area contributed by atoms with Crippen LogP contribution < -0.4 is 4.74 Å². The van der Waals surface area contributed by atoms with Crippen LogP contribution in [0.2, 0.25) is 0 Å². The molecule has 1 heterocycles. The third kappa shape index (κ3) is 10.2. The summed E-state index contributed by atoms with van der Waals surface area (Å²) in [5.41, 5.74) is 6.55. The minimum absolute atomic E-state index is 0.106. The summed E-state index contributed by atoms with van der Waals surface area (Å²) < 4.78 is 8.04. The molecule has 5 nitrogen and oxygen atoms in total. The minimum Gasteiger partial charge on any atom is -0.478 e. The van der Waals surface area contributed by atoms with Crippen molar-refractivity contribution < 1.29 is 14.6 Å². The largest absolute Gasteiger partial charge is 0.478 e. The predicted molar refractivity (Wildman–Crippen MR) is 194 cm³/mol. The first-order chi connectivity index (χ1) is 22.3. The van der Waals surface area contributed by atoms with Crippen LogP contribution in [-0.4, -0.2) is 20.6 Å². The lowest BCUT2D eigenvalue weighted by molar-refractivity contribution is 0.0697. The van der Waals surface area contributed by atoms with Crippen LogP contribution >= 0.6 is 23.2 Å². The number of carboxylic acids is 1. The predicted octanol–water partition coefficient (Wildman–Crippen LogP) is 11.4. The molecule has 0 aliphatic rings. The standard InChI is InChI=1S/C36H33ClN2O3.C4H7Cl/c1-24(37)21-30-23-39(31-15-9-28(10-16-31)35(40)41)34(38-30)22-25-5-7-26(8-6-25)27-11-17-32(18-12-27)42-33-19-13-29(14-20-33)36(2,3)4;1-3-4(2)5/h5-20,23H,1,21-22H2,2-4H3,(H,40,41);3H,1-2H3/b;4-3+. The van der Waals surface area contributed by atoms with Gasteiger partial charge in [-0.15, -0.1) is 0 Å². The second kappa shape index (κ2) is 15.8. The Labute approximate surface area is 287 Å². The number of carboxylic acid groups (broad SMARTS) is 1. The number of hydrogen-bond donors (Lipinski definition) is 1. The summed E-state index contributed by atoms with van der Waals surface area (Å²) in [5, 5.41) is 10.6. The second-order valence-corrected chi connectivity index (χ2v) is 13.3. The van der Waals surface area contributed by atoms with E-state index in [1.54, 1.807) is 24.3 Å². The van der Waals surface area contributed by atoms with E-state index in [1.165, 1.54) is 5.56 Å². The van der Waals surface area contributed by atoms with Gasteiger partial charge in [-0.1, -0.05) is 105 Å². The van der Waals surface area contributed by atoms with Crippen molar-refractivity contribution in [1.82, 2.24) is 9.55 Å². The Morgan fingerprint density at radius 3 is 1.85 bits per heavy atom. The first-order valence-corrected chi connectivity index (χ1v) is 16.1. The van der Waals surface area contributed by atoms with E-state index in [9.17, 15) is 9.90 Å². The molecule has 1 N–H and O–H groups in total. The van der Waals surface area contributed by atoms with Crippen LogP contribution in [0.25, 0.3) is 16.8 Å². The molecule has 0 saturated heterocycles. The van der Waals surface area contributed by atoms with Crippen LogP contribution in [0.1, 0.15) is 67.6 Å². The first kappa shape index (κ1) is 35.3. The van der Waals surface area contributed by atoms with E-state index in [2.05, 4.69) is 75.9 Å². The summed E-state index contributed by atoms with van der Waals surface area (Å²) in [4.78, 5) is 16.1. The molecule has 0 radical (unpaired) electrons. The van der Waals surface area contributed by atoms with Gasteiger partial charge in [0.2, 0.25) is 0 Å². The van der Waals surface area contributed by atoms with Crippen LogP contribution in [-0.2, 0) is 18.3 Å². The number of nitrogens with zero attached hydrogens (tertiary/aromatic N) is 2. The van der Waals surface area contributed by atoms with Crippen molar-refractivity contribution in [3.63, 3.8) is 0 Å². The fourth-order valence-corrected chi connectivity index (χ4v) is 4.88. The summed E-state index contributed by atoms with van der Waals surface area (Å²) in [7, 11) is 0. The topological polar surface area (TPSA) is 64.4 Å². The van der Waals surface area contributed by atoms with Gasteiger partial charge in [0.15, 0.2) is 0 Å². The summed E-state index contributed by atoms with van der Waals surface area (Å²) in [6.45, 7) is 14.1. The number of imidazole rings is 1. The van der Waals surface area contributed by atoms with Gasteiger partial charge in [-0.25, -0.2) is 9.78 Å². The van der Waals surface area contributed by atoms with Gasteiger partial charge in [0.1, 0.15) is 17.3 Å². The molecule has 5 aromatic rings.